The van der Waals surface area contributed by atoms with Crippen LogP contribution in [0, 0.1) is 5.92 Å². The van der Waals surface area contributed by atoms with E-state index >= 15 is 0 Å². The number of morpholine rings is 1. The Balaban J connectivity index is 2.27. The molecule has 23 heavy (non-hydrogen) atoms. The van der Waals surface area contributed by atoms with E-state index in [1.54, 1.807) is 25.7 Å². The highest BCUT2D eigenvalue weighted by atomic mass is 16.6. The summed E-state index contributed by atoms with van der Waals surface area (Å²) in [5.41, 5.74) is -0.628. The predicted molar refractivity (Wildman–Crippen MR) is 84.1 cm³/mol. The van der Waals surface area contributed by atoms with Crippen LogP contribution in [-0.2, 0) is 19.1 Å². The third kappa shape index (κ3) is 4.31. The molecular formula is C17H27NO5. The highest BCUT2D eigenvalue weighted by Gasteiger charge is 2.45. The van der Waals surface area contributed by atoms with Crippen molar-refractivity contribution < 1.29 is 23.9 Å². The second kappa shape index (κ2) is 6.99. The van der Waals surface area contributed by atoms with Crippen LogP contribution in [0.15, 0.2) is 0 Å². The van der Waals surface area contributed by atoms with E-state index in [-0.39, 0.29) is 24.2 Å². The Bertz CT molecular complexity index is 464. The molecule has 1 saturated carbocycles. The highest BCUT2D eigenvalue weighted by Crippen LogP contribution is 2.28. The summed E-state index contributed by atoms with van der Waals surface area (Å²) in [6.45, 7) is 7.82. The molecule has 1 heterocycles. The molecule has 130 valence electrons. The van der Waals surface area contributed by atoms with Crippen molar-refractivity contribution >= 4 is 17.7 Å². The summed E-state index contributed by atoms with van der Waals surface area (Å²) in [6.07, 6.45) is 1.77. The number of ketones is 2. The van der Waals surface area contributed by atoms with Gasteiger partial charge < -0.3 is 9.47 Å². The molecular weight excluding hydrogens is 298 g/mol. The number of Topliss-reactive ketones (excluding diaryl/α,β-unsaturated/α-hetero) is 2. The molecule has 2 unspecified atom stereocenters. The van der Waals surface area contributed by atoms with Crippen molar-refractivity contribution in [1.82, 2.24) is 4.90 Å². The van der Waals surface area contributed by atoms with Crippen molar-refractivity contribution in [1.29, 1.82) is 0 Å². The van der Waals surface area contributed by atoms with Gasteiger partial charge in [-0.3, -0.25) is 14.5 Å². The number of carbonyl (C=O) groups excluding carboxylic acids is 3. The molecule has 0 spiro atoms. The summed E-state index contributed by atoms with van der Waals surface area (Å²) < 4.78 is 11.0. The van der Waals surface area contributed by atoms with Crippen molar-refractivity contribution in [2.75, 3.05) is 13.2 Å². The van der Waals surface area contributed by atoms with Crippen molar-refractivity contribution in [2.45, 2.75) is 71.1 Å². The van der Waals surface area contributed by atoms with Gasteiger partial charge in [0.15, 0.2) is 0 Å². The summed E-state index contributed by atoms with van der Waals surface area (Å²) in [5, 5.41) is 0. The van der Waals surface area contributed by atoms with Crippen LogP contribution in [0.4, 0.5) is 4.79 Å². The molecule has 2 aliphatic rings. The molecule has 2 fully saturated rings. The Morgan fingerprint density at radius 3 is 2.22 bits per heavy atom. The van der Waals surface area contributed by atoms with Crippen LogP contribution in [0.2, 0.25) is 0 Å². The van der Waals surface area contributed by atoms with Crippen molar-refractivity contribution in [3.05, 3.63) is 0 Å². The maximum absolute atomic E-state index is 12.6. The first-order chi connectivity index (χ1) is 10.7. The molecule has 2 rings (SSSR count). The van der Waals surface area contributed by atoms with Gasteiger partial charge in [0.1, 0.15) is 17.2 Å². The monoisotopic (exact) mass is 325 g/mol. The van der Waals surface area contributed by atoms with Crippen LogP contribution >= 0.6 is 0 Å². The summed E-state index contributed by atoms with van der Waals surface area (Å²) in [6, 6.07) is -0.792. The molecule has 0 radical (unpaired) electrons. The van der Waals surface area contributed by atoms with E-state index in [0.29, 0.717) is 19.4 Å². The van der Waals surface area contributed by atoms with Gasteiger partial charge in [0, 0.05) is 12.8 Å². The van der Waals surface area contributed by atoms with E-state index in [2.05, 4.69) is 0 Å². The fraction of sp³-hybridized carbons (Fsp3) is 0.824. The summed E-state index contributed by atoms with van der Waals surface area (Å²) in [7, 11) is 0. The fourth-order valence-electron chi connectivity index (χ4n) is 3.25. The first kappa shape index (κ1) is 17.9. The zero-order valence-corrected chi connectivity index (χ0v) is 14.5. The molecule has 1 aliphatic carbocycles. The number of ether oxygens (including phenoxy) is 2. The lowest BCUT2D eigenvalue weighted by Crippen LogP contribution is -2.59. The third-order valence-corrected chi connectivity index (χ3v) is 4.26. The number of carbonyl (C=O) groups is 3. The fourth-order valence-corrected chi connectivity index (χ4v) is 3.25. The molecule has 6 heteroatoms. The second-order valence-electron chi connectivity index (χ2n) is 7.46. The summed E-state index contributed by atoms with van der Waals surface area (Å²) in [4.78, 5) is 39.0. The molecule has 0 aromatic rings. The number of nitrogens with zero attached hydrogens (tertiary/aromatic N) is 1. The molecule has 1 saturated heterocycles. The first-order valence-corrected chi connectivity index (χ1v) is 8.35. The van der Waals surface area contributed by atoms with E-state index < -0.39 is 23.7 Å². The average molecular weight is 325 g/mol. The molecule has 0 aromatic heterocycles. The van der Waals surface area contributed by atoms with Gasteiger partial charge in [-0.25, -0.2) is 4.79 Å². The van der Waals surface area contributed by atoms with E-state index in [9.17, 15) is 14.4 Å². The van der Waals surface area contributed by atoms with Gasteiger partial charge in [-0.05, 0) is 40.5 Å². The lowest BCUT2D eigenvalue weighted by Gasteiger charge is -2.43. The van der Waals surface area contributed by atoms with Crippen molar-refractivity contribution in [2.24, 2.45) is 5.92 Å². The van der Waals surface area contributed by atoms with E-state index in [1.807, 2.05) is 6.92 Å². The molecule has 6 nitrogen and oxygen atoms in total. The summed E-state index contributed by atoms with van der Waals surface area (Å²) >= 11 is 0. The van der Waals surface area contributed by atoms with Crippen LogP contribution in [-0.4, -0.2) is 53.5 Å². The molecule has 0 aromatic carbocycles. The Hall–Kier alpha value is -1.43. The lowest BCUT2D eigenvalue weighted by molar-refractivity contribution is -0.140. The first-order valence-electron chi connectivity index (χ1n) is 8.35. The van der Waals surface area contributed by atoms with Crippen LogP contribution in [0.5, 0.6) is 0 Å². The van der Waals surface area contributed by atoms with Gasteiger partial charge in [-0.2, -0.15) is 0 Å². The van der Waals surface area contributed by atoms with Crippen LogP contribution in [0.3, 0.4) is 0 Å². The molecule has 1 aliphatic heterocycles. The van der Waals surface area contributed by atoms with Crippen LogP contribution in [0.1, 0.15) is 53.4 Å². The Labute approximate surface area is 137 Å². The standard InChI is InChI=1S/C17H27NO5/c1-11-9-22-10-12(18(11)16(21)23-17(2,3)4)15-13(19)7-5-6-8-14(15)20/h11-12,15H,5-10H2,1-4H3. The van der Waals surface area contributed by atoms with Gasteiger partial charge in [-0.1, -0.05) is 0 Å². The van der Waals surface area contributed by atoms with Gasteiger partial charge >= 0.3 is 6.09 Å². The minimum Gasteiger partial charge on any atom is -0.444 e. The lowest BCUT2D eigenvalue weighted by atomic mass is 9.87. The number of hydrogen-bond acceptors (Lipinski definition) is 5. The van der Waals surface area contributed by atoms with Gasteiger partial charge in [0.05, 0.1) is 31.2 Å². The zero-order chi connectivity index (χ0) is 17.2. The zero-order valence-electron chi connectivity index (χ0n) is 14.5. The SMILES string of the molecule is CC1COCC(C2C(=O)CCCCC2=O)N1C(=O)OC(C)(C)C. The van der Waals surface area contributed by atoms with Crippen LogP contribution in [0.25, 0.3) is 0 Å². The normalized spacial score (nSPS) is 27.7. The maximum Gasteiger partial charge on any atom is 0.410 e. The van der Waals surface area contributed by atoms with E-state index in [1.165, 1.54) is 0 Å². The van der Waals surface area contributed by atoms with Crippen molar-refractivity contribution in [3.63, 3.8) is 0 Å². The average Bonchev–Trinajstić information content (AvgIpc) is 2.57. The van der Waals surface area contributed by atoms with E-state index in [0.717, 1.165) is 12.8 Å². The number of hydrogen-bond donors (Lipinski definition) is 0. The minimum absolute atomic E-state index is 0.0799. The largest absolute Gasteiger partial charge is 0.444 e. The van der Waals surface area contributed by atoms with Crippen molar-refractivity contribution in [3.8, 4) is 0 Å². The predicted octanol–water partition coefficient (Wildman–Crippen LogP) is 2.34. The molecule has 2 atom stereocenters. The van der Waals surface area contributed by atoms with Gasteiger partial charge in [0.2, 0.25) is 0 Å². The molecule has 0 bridgehead atoms. The smallest absolute Gasteiger partial charge is 0.410 e. The number of amides is 1. The summed E-state index contributed by atoms with van der Waals surface area (Å²) in [5.74, 6) is -0.944. The second-order valence-corrected chi connectivity index (χ2v) is 7.46. The quantitative estimate of drug-likeness (QED) is 0.546. The molecule has 1 amide bonds. The van der Waals surface area contributed by atoms with Gasteiger partial charge in [-0.15, -0.1) is 0 Å². The van der Waals surface area contributed by atoms with E-state index in [4.69, 9.17) is 9.47 Å². The minimum atomic E-state index is -0.784. The van der Waals surface area contributed by atoms with Gasteiger partial charge in [0.25, 0.3) is 0 Å². The topological polar surface area (TPSA) is 72.9 Å². The Morgan fingerprint density at radius 2 is 1.70 bits per heavy atom. The molecule has 0 N–H and O–H groups in total. The third-order valence-electron chi connectivity index (χ3n) is 4.26. The maximum atomic E-state index is 12.6. The Kier molecular flexibility index (Phi) is 5.45. The Morgan fingerprint density at radius 1 is 1.13 bits per heavy atom. The number of rotatable bonds is 1. The van der Waals surface area contributed by atoms with Crippen LogP contribution < -0.4 is 0 Å². The highest BCUT2D eigenvalue weighted by molar-refractivity contribution is 6.04.